The first kappa shape index (κ1) is 15.5. The van der Waals surface area contributed by atoms with Crippen molar-refractivity contribution >= 4 is 11.8 Å². The number of likely N-dealkylation sites (N-methyl/N-ethyl adjacent to an activating group) is 1. The van der Waals surface area contributed by atoms with Crippen LogP contribution in [-0.4, -0.2) is 42.4 Å². The van der Waals surface area contributed by atoms with Crippen molar-refractivity contribution in [2.45, 2.75) is 32.9 Å². The van der Waals surface area contributed by atoms with E-state index in [1.165, 1.54) is 11.1 Å². The molecule has 0 saturated heterocycles. The molecule has 114 valence electrons. The summed E-state index contributed by atoms with van der Waals surface area (Å²) in [6.45, 7) is 6.13. The summed E-state index contributed by atoms with van der Waals surface area (Å²) in [7, 11) is 0. The van der Waals surface area contributed by atoms with Gasteiger partial charge in [0.2, 0.25) is 11.8 Å². The highest BCUT2D eigenvalue weighted by atomic mass is 16.2. The van der Waals surface area contributed by atoms with Crippen LogP contribution in [0.3, 0.4) is 0 Å². The van der Waals surface area contributed by atoms with E-state index in [1.807, 2.05) is 13.0 Å². The molecule has 1 atom stereocenters. The zero-order valence-corrected chi connectivity index (χ0v) is 12.7. The minimum Gasteiger partial charge on any atom is -0.355 e. The largest absolute Gasteiger partial charge is 0.355 e. The minimum absolute atomic E-state index is 0.104. The van der Waals surface area contributed by atoms with Crippen molar-refractivity contribution in [1.29, 1.82) is 0 Å². The van der Waals surface area contributed by atoms with Crippen molar-refractivity contribution in [3.05, 3.63) is 35.4 Å². The Morgan fingerprint density at radius 3 is 2.71 bits per heavy atom. The lowest BCUT2D eigenvalue weighted by Gasteiger charge is -2.28. The smallest absolute Gasteiger partial charge is 0.242 e. The molecular formula is C16H23N3O2. The molecule has 1 aromatic rings. The Bertz CT molecular complexity index is 516. The van der Waals surface area contributed by atoms with Gasteiger partial charge in [-0.3, -0.25) is 14.5 Å². The fourth-order valence-corrected chi connectivity index (χ4v) is 2.57. The van der Waals surface area contributed by atoms with Gasteiger partial charge in [0, 0.05) is 19.6 Å². The van der Waals surface area contributed by atoms with E-state index in [-0.39, 0.29) is 11.8 Å². The third-order valence-electron chi connectivity index (χ3n) is 3.70. The van der Waals surface area contributed by atoms with Crippen LogP contribution in [0.25, 0.3) is 0 Å². The Hall–Kier alpha value is -1.88. The summed E-state index contributed by atoms with van der Waals surface area (Å²) in [5.74, 6) is -0.247. The molecule has 5 nitrogen and oxygen atoms in total. The van der Waals surface area contributed by atoms with E-state index in [9.17, 15) is 9.59 Å². The molecule has 2 rings (SSSR count). The van der Waals surface area contributed by atoms with E-state index in [4.69, 9.17) is 0 Å². The molecule has 21 heavy (non-hydrogen) atoms. The molecule has 1 aliphatic heterocycles. The van der Waals surface area contributed by atoms with Gasteiger partial charge in [0.15, 0.2) is 0 Å². The first-order valence-electron chi connectivity index (χ1n) is 7.46. The predicted molar refractivity (Wildman–Crippen MR) is 81.7 cm³/mol. The molecule has 2 N–H and O–H groups in total. The summed E-state index contributed by atoms with van der Waals surface area (Å²) in [6.07, 6.45) is 0.968. The van der Waals surface area contributed by atoms with Crippen LogP contribution in [0, 0.1) is 0 Å². The standard InChI is InChI=1S/C16H23N3O2/c1-3-17-16(21)12(2)18-15(20)11-19-9-8-13-6-4-5-7-14(13)10-19/h4-7,12H,3,8-11H2,1-2H3,(H,17,21)(H,18,20)/t12-/m1/s1. The van der Waals surface area contributed by atoms with Gasteiger partial charge in [-0.05, 0) is 31.4 Å². The van der Waals surface area contributed by atoms with Gasteiger partial charge in [-0.2, -0.15) is 0 Å². The molecular weight excluding hydrogens is 266 g/mol. The van der Waals surface area contributed by atoms with Crippen molar-refractivity contribution < 1.29 is 9.59 Å². The number of nitrogens with one attached hydrogen (secondary N) is 2. The van der Waals surface area contributed by atoms with E-state index < -0.39 is 6.04 Å². The average Bonchev–Trinajstić information content (AvgIpc) is 2.47. The fourth-order valence-electron chi connectivity index (χ4n) is 2.57. The summed E-state index contributed by atoms with van der Waals surface area (Å²) >= 11 is 0. The third kappa shape index (κ3) is 4.29. The summed E-state index contributed by atoms with van der Waals surface area (Å²) in [5.41, 5.74) is 2.65. The number of carbonyl (C=O) groups excluding carboxylic acids is 2. The van der Waals surface area contributed by atoms with E-state index >= 15 is 0 Å². The van der Waals surface area contributed by atoms with Gasteiger partial charge in [0.25, 0.3) is 0 Å². The first-order chi connectivity index (χ1) is 10.1. The van der Waals surface area contributed by atoms with Gasteiger partial charge in [0.1, 0.15) is 6.04 Å². The molecule has 2 amide bonds. The van der Waals surface area contributed by atoms with Crippen LogP contribution in [0.15, 0.2) is 24.3 Å². The summed E-state index contributed by atoms with van der Waals surface area (Å²) in [6, 6.07) is 7.84. The molecule has 0 fully saturated rings. The maximum absolute atomic E-state index is 12.0. The van der Waals surface area contributed by atoms with E-state index in [1.54, 1.807) is 6.92 Å². The number of hydrogen-bond donors (Lipinski definition) is 2. The van der Waals surface area contributed by atoms with Crippen LogP contribution in [0.2, 0.25) is 0 Å². The van der Waals surface area contributed by atoms with Crippen LogP contribution < -0.4 is 10.6 Å². The van der Waals surface area contributed by atoms with Crippen LogP contribution in [0.5, 0.6) is 0 Å². The molecule has 0 saturated carbocycles. The van der Waals surface area contributed by atoms with Gasteiger partial charge in [-0.1, -0.05) is 24.3 Å². The van der Waals surface area contributed by atoms with Crippen LogP contribution in [-0.2, 0) is 22.6 Å². The number of amides is 2. The lowest BCUT2D eigenvalue weighted by molar-refractivity contribution is -0.129. The lowest BCUT2D eigenvalue weighted by atomic mass is 10.00. The molecule has 0 bridgehead atoms. The number of nitrogens with zero attached hydrogens (tertiary/aromatic N) is 1. The Kier molecular flexibility index (Phi) is 5.33. The normalized spacial score (nSPS) is 15.9. The summed E-state index contributed by atoms with van der Waals surface area (Å²) in [5, 5.41) is 5.44. The maximum Gasteiger partial charge on any atom is 0.242 e. The molecule has 0 aliphatic carbocycles. The SMILES string of the molecule is CCNC(=O)[C@@H](C)NC(=O)CN1CCc2ccccc2C1. The number of fused-ring (bicyclic) bond motifs is 1. The second-order valence-corrected chi connectivity index (χ2v) is 5.41. The van der Waals surface area contributed by atoms with Gasteiger partial charge in [-0.25, -0.2) is 0 Å². The van der Waals surface area contributed by atoms with Gasteiger partial charge >= 0.3 is 0 Å². The molecule has 0 unspecified atom stereocenters. The molecule has 0 spiro atoms. The summed E-state index contributed by atoms with van der Waals surface area (Å²) < 4.78 is 0. The molecule has 5 heteroatoms. The van der Waals surface area contributed by atoms with Crippen LogP contribution in [0.4, 0.5) is 0 Å². The average molecular weight is 289 g/mol. The topological polar surface area (TPSA) is 61.4 Å². The second-order valence-electron chi connectivity index (χ2n) is 5.41. The highest BCUT2D eigenvalue weighted by molar-refractivity contribution is 5.87. The highest BCUT2D eigenvalue weighted by Crippen LogP contribution is 2.17. The molecule has 1 heterocycles. The number of rotatable bonds is 5. The molecule has 1 aliphatic rings. The zero-order chi connectivity index (χ0) is 15.2. The Balaban J connectivity index is 1.83. The van der Waals surface area contributed by atoms with E-state index in [0.29, 0.717) is 13.1 Å². The lowest BCUT2D eigenvalue weighted by Crippen LogP contribution is -2.48. The monoisotopic (exact) mass is 289 g/mol. The van der Waals surface area contributed by atoms with Crippen molar-refractivity contribution in [3.8, 4) is 0 Å². The molecule has 0 radical (unpaired) electrons. The number of hydrogen-bond acceptors (Lipinski definition) is 3. The van der Waals surface area contributed by atoms with Crippen molar-refractivity contribution in [2.24, 2.45) is 0 Å². The van der Waals surface area contributed by atoms with Gasteiger partial charge in [-0.15, -0.1) is 0 Å². The number of benzene rings is 1. The Morgan fingerprint density at radius 2 is 2.00 bits per heavy atom. The number of carbonyl (C=O) groups is 2. The quantitative estimate of drug-likeness (QED) is 0.838. The van der Waals surface area contributed by atoms with Crippen molar-refractivity contribution in [2.75, 3.05) is 19.6 Å². The van der Waals surface area contributed by atoms with Crippen molar-refractivity contribution in [1.82, 2.24) is 15.5 Å². The third-order valence-corrected chi connectivity index (χ3v) is 3.70. The van der Waals surface area contributed by atoms with Gasteiger partial charge in [0.05, 0.1) is 6.54 Å². The molecule has 1 aromatic carbocycles. The van der Waals surface area contributed by atoms with Gasteiger partial charge < -0.3 is 10.6 Å². The zero-order valence-electron chi connectivity index (χ0n) is 12.7. The van der Waals surface area contributed by atoms with Crippen molar-refractivity contribution in [3.63, 3.8) is 0 Å². The summed E-state index contributed by atoms with van der Waals surface area (Å²) in [4.78, 5) is 25.7. The molecule has 0 aromatic heterocycles. The Labute approximate surface area is 125 Å². The van der Waals surface area contributed by atoms with Crippen LogP contribution in [0.1, 0.15) is 25.0 Å². The van der Waals surface area contributed by atoms with Crippen LogP contribution >= 0.6 is 0 Å². The second kappa shape index (κ2) is 7.22. The van der Waals surface area contributed by atoms with E-state index in [2.05, 4.69) is 33.7 Å². The highest BCUT2D eigenvalue weighted by Gasteiger charge is 2.20. The van der Waals surface area contributed by atoms with E-state index in [0.717, 1.165) is 19.5 Å². The first-order valence-corrected chi connectivity index (χ1v) is 7.46. The fraction of sp³-hybridized carbons (Fsp3) is 0.500. The predicted octanol–water partition coefficient (Wildman–Crippen LogP) is 0.686. The Morgan fingerprint density at radius 1 is 1.29 bits per heavy atom. The maximum atomic E-state index is 12.0. The minimum atomic E-state index is -0.491.